The van der Waals surface area contributed by atoms with Crippen LogP contribution in [0.15, 0.2) is 4.99 Å². The maximum absolute atomic E-state index is 12.2. The Morgan fingerprint density at radius 1 is 1.33 bits per heavy atom. The topological polar surface area (TPSA) is 75.2 Å². The lowest BCUT2D eigenvalue weighted by molar-refractivity contribution is 0.0253. The minimum atomic E-state index is -0.477. The normalized spacial score (nSPS) is 18.4. The minimum Gasteiger partial charge on any atom is -0.444 e. The Bertz CT molecular complexity index is 401. The quantitative estimate of drug-likeness (QED) is 0.546. The number of amides is 1. The third kappa shape index (κ3) is 8.38. The third-order valence-electron chi connectivity index (χ3n) is 3.56. The number of nitrogens with zero attached hydrogens (tertiary/aromatic N) is 2. The maximum Gasteiger partial charge on any atom is 0.410 e. The van der Waals surface area contributed by atoms with Gasteiger partial charge in [-0.2, -0.15) is 0 Å². The summed E-state index contributed by atoms with van der Waals surface area (Å²) >= 11 is 0. The number of hydrogen-bond acceptors (Lipinski definition) is 4. The van der Waals surface area contributed by atoms with E-state index in [2.05, 4.69) is 15.6 Å². The highest BCUT2D eigenvalue weighted by Crippen LogP contribution is 2.11. The predicted octanol–water partition coefficient (Wildman–Crippen LogP) is 1.98. The van der Waals surface area contributed by atoms with Crippen LogP contribution in [0, 0.1) is 0 Å². The van der Waals surface area contributed by atoms with Crippen molar-refractivity contribution in [2.24, 2.45) is 4.99 Å². The summed E-state index contributed by atoms with van der Waals surface area (Å²) in [6, 6.07) is 0. The Hall–Kier alpha value is -1.50. The lowest BCUT2D eigenvalue weighted by Crippen LogP contribution is -2.45. The first-order chi connectivity index (χ1) is 11.4. The molecule has 7 heteroatoms. The Balaban J connectivity index is 2.35. The van der Waals surface area contributed by atoms with E-state index in [1.807, 2.05) is 27.7 Å². The highest BCUT2D eigenvalue weighted by Gasteiger charge is 2.21. The highest BCUT2D eigenvalue weighted by atomic mass is 16.6. The number of guanidine groups is 1. The van der Waals surface area contributed by atoms with Gasteiger partial charge in [0.25, 0.3) is 0 Å². The molecule has 24 heavy (non-hydrogen) atoms. The fourth-order valence-electron chi connectivity index (χ4n) is 2.44. The maximum atomic E-state index is 12.2. The van der Waals surface area contributed by atoms with Crippen molar-refractivity contribution in [2.45, 2.75) is 58.7 Å². The van der Waals surface area contributed by atoms with Crippen LogP contribution in [0.4, 0.5) is 4.79 Å². The summed E-state index contributed by atoms with van der Waals surface area (Å²) in [5, 5.41) is 6.50. The summed E-state index contributed by atoms with van der Waals surface area (Å²) in [6.45, 7) is 11.2. The molecule has 0 aromatic heterocycles. The van der Waals surface area contributed by atoms with Crippen molar-refractivity contribution < 1.29 is 14.3 Å². The van der Waals surface area contributed by atoms with E-state index in [0.717, 1.165) is 38.4 Å². The summed E-state index contributed by atoms with van der Waals surface area (Å²) in [7, 11) is 1.74. The van der Waals surface area contributed by atoms with Gasteiger partial charge in [0.1, 0.15) is 5.60 Å². The summed E-state index contributed by atoms with van der Waals surface area (Å²) in [5.74, 6) is 0.728. The summed E-state index contributed by atoms with van der Waals surface area (Å²) in [5.41, 5.74) is -0.477. The fourth-order valence-corrected chi connectivity index (χ4v) is 2.44. The fraction of sp³-hybridized carbons (Fsp3) is 0.882. The molecule has 1 aliphatic rings. The number of rotatable bonds is 7. The van der Waals surface area contributed by atoms with E-state index in [1.165, 1.54) is 0 Å². The van der Waals surface area contributed by atoms with Crippen LogP contribution in [0.5, 0.6) is 0 Å². The molecule has 140 valence electrons. The van der Waals surface area contributed by atoms with Gasteiger partial charge >= 0.3 is 6.09 Å². The molecule has 1 atom stereocenters. The van der Waals surface area contributed by atoms with Crippen LogP contribution in [-0.2, 0) is 9.47 Å². The second-order valence-corrected chi connectivity index (χ2v) is 6.98. The molecule has 1 aliphatic heterocycles. The van der Waals surface area contributed by atoms with E-state index in [9.17, 15) is 4.79 Å². The van der Waals surface area contributed by atoms with Crippen LogP contribution < -0.4 is 10.6 Å². The average Bonchev–Trinajstić information content (AvgIpc) is 3.01. The molecule has 0 bridgehead atoms. The molecule has 1 unspecified atom stereocenters. The minimum absolute atomic E-state index is 0.266. The second-order valence-electron chi connectivity index (χ2n) is 6.98. The first-order valence-corrected chi connectivity index (χ1v) is 8.89. The Labute approximate surface area is 146 Å². The molecule has 0 spiro atoms. The van der Waals surface area contributed by atoms with Gasteiger partial charge in [-0.15, -0.1) is 0 Å². The van der Waals surface area contributed by atoms with Crippen LogP contribution in [0.1, 0.15) is 47.0 Å². The number of carbonyl (C=O) groups excluding carboxylic acids is 1. The zero-order valence-electron chi connectivity index (χ0n) is 15.9. The van der Waals surface area contributed by atoms with Gasteiger partial charge in [-0.1, -0.05) is 6.92 Å². The highest BCUT2D eigenvalue weighted by molar-refractivity contribution is 5.79. The molecular formula is C17H34N4O3. The van der Waals surface area contributed by atoms with E-state index in [0.29, 0.717) is 19.6 Å². The molecule has 2 N–H and O–H groups in total. The Morgan fingerprint density at radius 3 is 2.62 bits per heavy atom. The molecule has 0 aromatic rings. The number of ether oxygens (including phenoxy) is 2. The number of carbonyl (C=O) groups is 1. The van der Waals surface area contributed by atoms with Gasteiger partial charge in [0, 0.05) is 39.8 Å². The van der Waals surface area contributed by atoms with Gasteiger partial charge in [0.15, 0.2) is 5.96 Å². The largest absolute Gasteiger partial charge is 0.444 e. The summed E-state index contributed by atoms with van der Waals surface area (Å²) in [6.07, 6.45) is 3.11. The van der Waals surface area contributed by atoms with Gasteiger partial charge in [-0.25, -0.2) is 4.79 Å². The van der Waals surface area contributed by atoms with Crippen molar-refractivity contribution in [1.82, 2.24) is 15.5 Å². The molecule has 0 saturated carbocycles. The van der Waals surface area contributed by atoms with Gasteiger partial charge in [0.05, 0.1) is 6.10 Å². The molecule has 0 aliphatic carbocycles. The average molecular weight is 342 g/mol. The molecule has 1 heterocycles. The third-order valence-corrected chi connectivity index (χ3v) is 3.56. The van der Waals surface area contributed by atoms with Gasteiger partial charge in [-0.05, 0) is 40.0 Å². The predicted molar refractivity (Wildman–Crippen MR) is 96.4 cm³/mol. The molecular weight excluding hydrogens is 308 g/mol. The van der Waals surface area contributed by atoms with Crippen molar-refractivity contribution >= 4 is 12.1 Å². The van der Waals surface area contributed by atoms with Gasteiger partial charge in [0.2, 0.25) is 0 Å². The molecule has 1 fully saturated rings. The van der Waals surface area contributed by atoms with Crippen LogP contribution >= 0.6 is 0 Å². The van der Waals surface area contributed by atoms with Crippen molar-refractivity contribution in [3.05, 3.63) is 0 Å². The van der Waals surface area contributed by atoms with Gasteiger partial charge < -0.3 is 25.0 Å². The number of nitrogens with one attached hydrogen (secondary N) is 2. The molecule has 7 nitrogen and oxygen atoms in total. The van der Waals surface area contributed by atoms with Crippen molar-refractivity contribution in [1.29, 1.82) is 0 Å². The molecule has 0 aromatic carbocycles. The van der Waals surface area contributed by atoms with E-state index < -0.39 is 5.60 Å². The standard InChI is InChI=1S/C17H34N4O3/c1-6-10-21(16(22)24-17(2,3)4)11-9-19-15(18-5)20-13-14-8-7-12-23-14/h14H,6-13H2,1-5H3,(H2,18,19,20). The zero-order valence-corrected chi connectivity index (χ0v) is 15.9. The van der Waals surface area contributed by atoms with Crippen LogP contribution in [0.2, 0.25) is 0 Å². The first-order valence-electron chi connectivity index (χ1n) is 8.89. The number of aliphatic imine (C=N–C) groups is 1. The second kappa shape index (κ2) is 10.4. The van der Waals surface area contributed by atoms with Crippen LogP contribution in [-0.4, -0.2) is 68.5 Å². The Morgan fingerprint density at radius 2 is 2.08 bits per heavy atom. The Kier molecular flexibility index (Phi) is 8.89. The first kappa shape index (κ1) is 20.5. The SMILES string of the molecule is CCCN(CCNC(=NC)NCC1CCCO1)C(=O)OC(C)(C)C. The molecule has 0 radical (unpaired) electrons. The molecule has 1 amide bonds. The van der Waals surface area contributed by atoms with E-state index in [1.54, 1.807) is 11.9 Å². The summed E-state index contributed by atoms with van der Waals surface area (Å²) < 4.78 is 11.0. The van der Waals surface area contributed by atoms with E-state index >= 15 is 0 Å². The lowest BCUT2D eigenvalue weighted by atomic mass is 10.2. The zero-order chi connectivity index (χ0) is 18.0. The molecule has 1 rings (SSSR count). The van der Waals surface area contributed by atoms with Crippen LogP contribution in [0.3, 0.4) is 0 Å². The lowest BCUT2D eigenvalue weighted by Gasteiger charge is -2.27. The summed E-state index contributed by atoms with van der Waals surface area (Å²) in [4.78, 5) is 18.1. The monoisotopic (exact) mass is 342 g/mol. The smallest absolute Gasteiger partial charge is 0.410 e. The van der Waals surface area contributed by atoms with Crippen LogP contribution in [0.25, 0.3) is 0 Å². The number of hydrogen-bond donors (Lipinski definition) is 2. The van der Waals surface area contributed by atoms with E-state index in [-0.39, 0.29) is 12.2 Å². The van der Waals surface area contributed by atoms with Crippen molar-refractivity contribution in [3.8, 4) is 0 Å². The van der Waals surface area contributed by atoms with Gasteiger partial charge in [-0.3, -0.25) is 4.99 Å². The van der Waals surface area contributed by atoms with E-state index in [4.69, 9.17) is 9.47 Å². The van der Waals surface area contributed by atoms with Crippen molar-refractivity contribution in [3.63, 3.8) is 0 Å². The van der Waals surface area contributed by atoms with Crippen molar-refractivity contribution in [2.75, 3.05) is 39.8 Å². The molecule has 1 saturated heterocycles.